The fourth-order valence-corrected chi connectivity index (χ4v) is 7.32. The molecule has 3 heteroatoms. The molecular weight excluding hydrogens is 346 g/mol. The number of carbonyl (C=O) groups is 2. The van der Waals surface area contributed by atoms with Crippen LogP contribution in [-0.2, 0) is 9.59 Å². The molecule has 3 aliphatic carbocycles. The molecule has 3 saturated carbocycles. The standard InChI is InChI=1S/C25H41NO2/c1-17(22-16-19-12-13-21(22)15-19)18(2)24(27)10-5-11-25(28)26-14-6-8-20-7-3-4-9-23(20)26/h17-23H,3-16H2,1-2H3/t17?,18-,19?,20?,21?,22?,23?/m0/s1. The first kappa shape index (κ1) is 20.4. The van der Waals surface area contributed by atoms with Gasteiger partial charge in [0.25, 0.3) is 0 Å². The van der Waals surface area contributed by atoms with Crippen molar-refractivity contribution in [1.82, 2.24) is 4.90 Å². The van der Waals surface area contributed by atoms with E-state index < -0.39 is 0 Å². The highest BCUT2D eigenvalue weighted by Gasteiger charge is 2.43. The Morgan fingerprint density at radius 2 is 1.68 bits per heavy atom. The summed E-state index contributed by atoms with van der Waals surface area (Å²) in [4.78, 5) is 27.9. The predicted molar refractivity (Wildman–Crippen MR) is 113 cm³/mol. The SMILES string of the molecule is CC(C1CC2CCC1C2)[C@H](C)C(=O)CCCC(=O)N1CCCC2CCCCC21. The highest BCUT2D eigenvalue weighted by Crippen LogP contribution is 2.52. The lowest BCUT2D eigenvalue weighted by Crippen LogP contribution is -2.49. The quantitative estimate of drug-likeness (QED) is 0.569. The lowest BCUT2D eigenvalue weighted by Gasteiger charge is -2.44. The van der Waals surface area contributed by atoms with Crippen LogP contribution >= 0.6 is 0 Å². The molecule has 1 saturated heterocycles. The van der Waals surface area contributed by atoms with Crippen LogP contribution in [0.15, 0.2) is 0 Å². The summed E-state index contributed by atoms with van der Waals surface area (Å²) in [5.41, 5.74) is 0. The average molecular weight is 388 g/mol. The first-order valence-corrected chi connectivity index (χ1v) is 12.4. The Balaban J connectivity index is 1.21. The van der Waals surface area contributed by atoms with Crippen molar-refractivity contribution in [3.05, 3.63) is 0 Å². The second-order valence-electron chi connectivity index (χ2n) is 10.6. The Morgan fingerprint density at radius 3 is 2.43 bits per heavy atom. The van der Waals surface area contributed by atoms with E-state index in [0.29, 0.717) is 36.5 Å². The van der Waals surface area contributed by atoms with Gasteiger partial charge in [0.1, 0.15) is 5.78 Å². The Kier molecular flexibility index (Phi) is 6.47. The van der Waals surface area contributed by atoms with Gasteiger partial charge in [-0.2, -0.15) is 0 Å². The summed E-state index contributed by atoms with van der Waals surface area (Å²) in [5, 5.41) is 0. The Labute approximate surface area is 172 Å². The molecule has 6 unspecified atom stereocenters. The fraction of sp³-hybridized carbons (Fsp3) is 0.920. The highest BCUT2D eigenvalue weighted by atomic mass is 16.2. The molecule has 3 nitrogen and oxygen atoms in total. The number of ketones is 1. The van der Waals surface area contributed by atoms with Gasteiger partial charge in [-0.15, -0.1) is 0 Å². The molecule has 2 bridgehead atoms. The van der Waals surface area contributed by atoms with E-state index >= 15 is 0 Å². The van der Waals surface area contributed by atoms with Crippen molar-refractivity contribution in [3.8, 4) is 0 Å². The number of piperidine rings is 1. The summed E-state index contributed by atoms with van der Waals surface area (Å²) in [5.74, 6) is 4.76. The summed E-state index contributed by atoms with van der Waals surface area (Å²) >= 11 is 0. The normalized spacial score (nSPS) is 36.8. The van der Waals surface area contributed by atoms with Gasteiger partial charge in [0.05, 0.1) is 0 Å². The maximum Gasteiger partial charge on any atom is 0.222 e. The summed E-state index contributed by atoms with van der Waals surface area (Å²) in [7, 11) is 0. The van der Waals surface area contributed by atoms with Crippen molar-refractivity contribution >= 4 is 11.7 Å². The number of hydrogen-bond acceptors (Lipinski definition) is 2. The third-order valence-corrected chi connectivity index (χ3v) is 9.14. The van der Waals surface area contributed by atoms with Crippen molar-refractivity contribution in [2.24, 2.45) is 35.5 Å². The van der Waals surface area contributed by atoms with E-state index in [0.717, 1.165) is 36.6 Å². The van der Waals surface area contributed by atoms with E-state index in [1.165, 1.54) is 64.2 Å². The summed E-state index contributed by atoms with van der Waals surface area (Å²) in [6.45, 7) is 5.42. The number of nitrogens with zero attached hydrogens (tertiary/aromatic N) is 1. The summed E-state index contributed by atoms with van der Waals surface area (Å²) in [6, 6.07) is 0.502. The van der Waals surface area contributed by atoms with E-state index in [9.17, 15) is 9.59 Å². The minimum atomic E-state index is 0.164. The molecule has 4 rings (SSSR count). The molecule has 158 valence electrons. The predicted octanol–water partition coefficient (Wildman–Crippen LogP) is 5.62. The Hall–Kier alpha value is -0.860. The molecule has 1 heterocycles. The molecule has 4 aliphatic rings. The van der Waals surface area contributed by atoms with E-state index in [-0.39, 0.29) is 5.92 Å². The van der Waals surface area contributed by atoms with Gasteiger partial charge >= 0.3 is 0 Å². The Morgan fingerprint density at radius 1 is 0.893 bits per heavy atom. The second kappa shape index (κ2) is 8.88. The lowest BCUT2D eigenvalue weighted by atomic mass is 9.73. The lowest BCUT2D eigenvalue weighted by molar-refractivity contribution is -0.137. The van der Waals surface area contributed by atoms with Gasteiger partial charge in [0.2, 0.25) is 5.91 Å². The largest absolute Gasteiger partial charge is 0.339 e. The van der Waals surface area contributed by atoms with Crippen LogP contribution in [0.4, 0.5) is 0 Å². The van der Waals surface area contributed by atoms with Crippen molar-refractivity contribution < 1.29 is 9.59 Å². The van der Waals surface area contributed by atoms with Gasteiger partial charge in [-0.3, -0.25) is 9.59 Å². The second-order valence-corrected chi connectivity index (χ2v) is 10.6. The molecule has 0 aromatic carbocycles. The third kappa shape index (κ3) is 4.19. The summed E-state index contributed by atoms with van der Waals surface area (Å²) < 4.78 is 0. The first-order valence-electron chi connectivity index (χ1n) is 12.4. The van der Waals surface area contributed by atoms with Crippen LogP contribution in [0.5, 0.6) is 0 Å². The fourth-order valence-electron chi connectivity index (χ4n) is 7.32. The number of carbonyl (C=O) groups excluding carboxylic acids is 2. The molecule has 4 fully saturated rings. The molecular formula is C25H41NO2. The van der Waals surface area contributed by atoms with Crippen LogP contribution in [0.3, 0.4) is 0 Å². The smallest absolute Gasteiger partial charge is 0.222 e. The van der Waals surface area contributed by atoms with Crippen molar-refractivity contribution in [2.75, 3.05) is 6.54 Å². The van der Waals surface area contributed by atoms with E-state index in [4.69, 9.17) is 0 Å². The summed E-state index contributed by atoms with van der Waals surface area (Å²) in [6.07, 6.45) is 15.1. The van der Waals surface area contributed by atoms with Gasteiger partial charge in [0.15, 0.2) is 0 Å². The van der Waals surface area contributed by atoms with E-state index in [2.05, 4.69) is 18.7 Å². The number of amides is 1. The maximum atomic E-state index is 12.8. The Bertz CT molecular complexity index is 571. The van der Waals surface area contributed by atoms with Crippen molar-refractivity contribution in [2.45, 2.75) is 103 Å². The minimum Gasteiger partial charge on any atom is -0.339 e. The molecule has 0 radical (unpaired) electrons. The molecule has 0 aromatic heterocycles. The van der Waals surface area contributed by atoms with Crippen molar-refractivity contribution in [3.63, 3.8) is 0 Å². The van der Waals surface area contributed by atoms with E-state index in [1.807, 2.05) is 0 Å². The number of Topliss-reactive ketones (excluding diaryl/α,β-unsaturated/α-hetero) is 1. The highest BCUT2D eigenvalue weighted by molar-refractivity contribution is 5.82. The zero-order chi connectivity index (χ0) is 19.7. The molecule has 7 atom stereocenters. The van der Waals surface area contributed by atoms with E-state index in [1.54, 1.807) is 0 Å². The number of rotatable bonds is 7. The monoisotopic (exact) mass is 387 g/mol. The van der Waals surface area contributed by atoms with Gasteiger partial charge in [0, 0.05) is 31.3 Å². The zero-order valence-corrected chi connectivity index (χ0v) is 18.2. The topological polar surface area (TPSA) is 37.4 Å². The van der Waals surface area contributed by atoms with Gasteiger partial charge in [-0.1, -0.05) is 33.1 Å². The minimum absolute atomic E-state index is 0.164. The van der Waals surface area contributed by atoms with Crippen molar-refractivity contribution in [1.29, 1.82) is 0 Å². The average Bonchev–Trinajstić information content (AvgIpc) is 3.35. The molecule has 1 amide bonds. The molecule has 0 aromatic rings. The molecule has 0 spiro atoms. The van der Waals surface area contributed by atoms with Gasteiger partial charge < -0.3 is 4.90 Å². The van der Waals surface area contributed by atoms with Crippen LogP contribution in [-0.4, -0.2) is 29.2 Å². The van der Waals surface area contributed by atoms with Crippen LogP contribution in [0, 0.1) is 35.5 Å². The van der Waals surface area contributed by atoms with Crippen LogP contribution in [0.2, 0.25) is 0 Å². The molecule has 0 N–H and O–H groups in total. The number of fused-ring (bicyclic) bond motifs is 3. The molecule has 1 aliphatic heterocycles. The third-order valence-electron chi connectivity index (χ3n) is 9.14. The van der Waals surface area contributed by atoms with Crippen LogP contribution < -0.4 is 0 Å². The van der Waals surface area contributed by atoms with Crippen LogP contribution in [0.1, 0.15) is 97.3 Å². The number of hydrogen-bond donors (Lipinski definition) is 0. The number of likely N-dealkylation sites (tertiary alicyclic amines) is 1. The molecule has 28 heavy (non-hydrogen) atoms. The van der Waals surface area contributed by atoms with Gasteiger partial charge in [-0.25, -0.2) is 0 Å². The maximum absolute atomic E-state index is 12.8. The van der Waals surface area contributed by atoms with Crippen LogP contribution in [0.25, 0.3) is 0 Å². The zero-order valence-electron chi connectivity index (χ0n) is 18.2. The van der Waals surface area contributed by atoms with Gasteiger partial charge in [-0.05, 0) is 81.0 Å². The first-order chi connectivity index (χ1) is 13.5.